The van der Waals surface area contributed by atoms with Crippen molar-refractivity contribution in [2.45, 2.75) is 12.5 Å². The van der Waals surface area contributed by atoms with E-state index < -0.39 is 6.10 Å². The zero-order valence-corrected chi connectivity index (χ0v) is 12.4. The Morgan fingerprint density at radius 1 is 1.10 bits per heavy atom. The van der Waals surface area contributed by atoms with Gasteiger partial charge in [-0.25, -0.2) is 0 Å². The van der Waals surface area contributed by atoms with Gasteiger partial charge in [0.1, 0.15) is 5.75 Å². The van der Waals surface area contributed by atoms with E-state index in [4.69, 9.17) is 14.2 Å². The van der Waals surface area contributed by atoms with Crippen molar-refractivity contribution < 1.29 is 19.3 Å². The molecular formula is C13H18N4O4. The maximum atomic E-state index is 10.4. The Morgan fingerprint density at radius 2 is 1.71 bits per heavy atom. The Hall–Kier alpha value is -2.35. The first kappa shape index (κ1) is 15.0. The van der Waals surface area contributed by atoms with Gasteiger partial charge in [-0.15, -0.1) is 10.2 Å². The van der Waals surface area contributed by atoms with Crippen LogP contribution in [0.5, 0.6) is 17.2 Å². The fraction of sp³-hybridized carbons (Fsp3) is 0.462. The highest BCUT2D eigenvalue weighted by Gasteiger charge is 2.20. The van der Waals surface area contributed by atoms with Crippen LogP contribution >= 0.6 is 0 Å². The van der Waals surface area contributed by atoms with Gasteiger partial charge < -0.3 is 19.3 Å². The topological polar surface area (TPSA) is 91.5 Å². The fourth-order valence-corrected chi connectivity index (χ4v) is 2.00. The minimum atomic E-state index is -0.844. The zero-order valence-electron chi connectivity index (χ0n) is 12.4. The molecule has 0 aliphatic rings. The third-order valence-electron chi connectivity index (χ3n) is 3.02. The summed E-state index contributed by atoms with van der Waals surface area (Å²) in [6, 6.07) is 3.35. The van der Waals surface area contributed by atoms with E-state index in [-0.39, 0.29) is 6.42 Å². The number of ether oxygens (including phenoxy) is 3. The summed E-state index contributed by atoms with van der Waals surface area (Å²) in [5, 5.41) is 22.0. The predicted octanol–water partition coefficient (Wildman–Crippen LogP) is 0.512. The second kappa shape index (κ2) is 6.40. The zero-order chi connectivity index (χ0) is 15.4. The van der Waals surface area contributed by atoms with E-state index in [1.807, 2.05) is 0 Å². The molecule has 1 aromatic heterocycles. The quantitative estimate of drug-likeness (QED) is 0.830. The Balaban J connectivity index is 2.32. The summed E-state index contributed by atoms with van der Waals surface area (Å²) in [4.78, 5) is 1.34. The summed E-state index contributed by atoms with van der Waals surface area (Å²) in [6.07, 6.45) is -0.622. The molecule has 8 heteroatoms. The van der Waals surface area contributed by atoms with Gasteiger partial charge >= 0.3 is 0 Å². The van der Waals surface area contributed by atoms with Gasteiger partial charge in [0.05, 0.1) is 34.5 Å². The molecule has 1 aromatic carbocycles. The van der Waals surface area contributed by atoms with E-state index in [1.165, 1.54) is 26.1 Å². The van der Waals surface area contributed by atoms with Gasteiger partial charge in [0.2, 0.25) is 0 Å². The van der Waals surface area contributed by atoms with Crippen molar-refractivity contribution in [2.75, 3.05) is 21.3 Å². The summed E-state index contributed by atoms with van der Waals surface area (Å²) in [5.41, 5.74) is 0.572. The third-order valence-corrected chi connectivity index (χ3v) is 3.02. The molecule has 2 rings (SSSR count). The van der Waals surface area contributed by atoms with E-state index in [0.29, 0.717) is 28.6 Å². The van der Waals surface area contributed by atoms with Gasteiger partial charge in [-0.1, -0.05) is 0 Å². The molecule has 0 saturated carbocycles. The molecule has 0 radical (unpaired) electrons. The van der Waals surface area contributed by atoms with Crippen LogP contribution in [-0.4, -0.2) is 46.6 Å². The van der Waals surface area contributed by atoms with Gasteiger partial charge in [0.25, 0.3) is 0 Å². The lowest BCUT2D eigenvalue weighted by Gasteiger charge is -2.17. The molecular weight excluding hydrogens is 276 g/mol. The van der Waals surface area contributed by atoms with Gasteiger partial charge in [-0.05, 0) is 11.3 Å². The van der Waals surface area contributed by atoms with Crippen molar-refractivity contribution in [1.29, 1.82) is 0 Å². The van der Waals surface area contributed by atoms with Gasteiger partial charge in [-0.3, -0.25) is 0 Å². The lowest BCUT2D eigenvalue weighted by molar-refractivity contribution is 0.170. The normalized spacial score (nSPS) is 12.0. The highest BCUT2D eigenvalue weighted by atomic mass is 16.5. The molecule has 114 valence electrons. The van der Waals surface area contributed by atoms with Crippen molar-refractivity contribution in [2.24, 2.45) is 7.05 Å². The molecule has 21 heavy (non-hydrogen) atoms. The molecule has 0 bridgehead atoms. The van der Waals surface area contributed by atoms with Crippen LogP contribution in [0.2, 0.25) is 0 Å². The minimum Gasteiger partial charge on any atom is -0.496 e. The predicted molar refractivity (Wildman–Crippen MR) is 73.6 cm³/mol. The van der Waals surface area contributed by atoms with Gasteiger partial charge in [0.15, 0.2) is 17.3 Å². The summed E-state index contributed by atoms with van der Waals surface area (Å²) in [5.74, 6) is 1.99. The average molecular weight is 294 g/mol. The summed E-state index contributed by atoms with van der Waals surface area (Å²) >= 11 is 0. The van der Waals surface area contributed by atoms with Crippen molar-refractivity contribution in [3.05, 3.63) is 23.5 Å². The molecule has 0 aliphatic carbocycles. The molecule has 0 spiro atoms. The number of aromatic nitrogens is 4. The summed E-state index contributed by atoms with van der Waals surface area (Å²) in [6.45, 7) is 0. The molecule has 0 saturated heterocycles. The Bertz CT molecular complexity index is 614. The first-order chi connectivity index (χ1) is 10.1. The highest BCUT2D eigenvalue weighted by Crippen LogP contribution is 2.38. The van der Waals surface area contributed by atoms with Crippen LogP contribution in [0.4, 0.5) is 0 Å². The van der Waals surface area contributed by atoms with Crippen LogP contribution in [0.25, 0.3) is 0 Å². The number of nitrogens with zero attached hydrogens (tertiary/aromatic N) is 4. The fourth-order valence-electron chi connectivity index (χ4n) is 2.00. The number of aryl methyl sites for hydroxylation is 1. The second-order valence-electron chi connectivity index (χ2n) is 4.36. The van der Waals surface area contributed by atoms with Crippen LogP contribution in [-0.2, 0) is 13.5 Å². The lowest BCUT2D eigenvalue weighted by atomic mass is 10.0. The van der Waals surface area contributed by atoms with Crippen molar-refractivity contribution in [3.8, 4) is 17.2 Å². The average Bonchev–Trinajstić information content (AvgIpc) is 2.90. The first-order valence-electron chi connectivity index (χ1n) is 6.29. The number of hydrogen-bond acceptors (Lipinski definition) is 7. The van der Waals surface area contributed by atoms with Gasteiger partial charge in [0, 0.05) is 18.1 Å². The first-order valence-corrected chi connectivity index (χ1v) is 6.29. The minimum absolute atomic E-state index is 0.222. The number of aliphatic hydroxyl groups is 1. The molecule has 0 amide bonds. The smallest absolute Gasteiger partial charge is 0.177 e. The molecule has 1 unspecified atom stereocenters. The van der Waals surface area contributed by atoms with E-state index in [1.54, 1.807) is 19.2 Å². The Kier molecular flexibility index (Phi) is 4.59. The lowest BCUT2D eigenvalue weighted by Crippen LogP contribution is -2.07. The second-order valence-corrected chi connectivity index (χ2v) is 4.36. The number of rotatable bonds is 6. The Labute approximate surface area is 122 Å². The largest absolute Gasteiger partial charge is 0.496 e. The number of methoxy groups -OCH3 is 3. The number of aliphatic hydroxyl groups excluding tert-OH is 1. The maximum Gasteiger partial charge on any atom is 0.177 e. The number of hydrogen-bond donors (Lipinski definition) is 1. The van der Waals surface area contributed by atoms with Crippen LogP contribution in [0.1, 0.15) is 17.5 Å². The van der Waals surface area contributed by atoms with Crippen LogP contribution < -0.4 is 14.2 Å². The molecule has 1 heterocycles. The van der Waals surface area contributed by atoms with Crippen LogP contribution in [0, 0.1) is 0 Å². The summed E-state index contributed by atoms with van der Waals surface area (Å²) in [7, 11) is 6.26. The van der Waals surface area contributed by atoms with E-state index in [0.717, 1.165) is 0 Å². The SMILES string of the molecule is COc1cc(OC)c(C(O)Cc2nnn(C)n2)cc1OC. The number of tetrazole rings is 1. The van der Waals surface area contributed by atoms with Gasteiger partial charge in [-0.2, -0.15) is 4.80 Å². The third kappa shape index (κ3) is 3.22. The van der Waals surface area contributed by atoms with Crippen molar-refractivity contribution in [3.63, 3.8) is 0 Å². The van der Waals surface area contributed by atoms with E-state index >= 15 is 0 Å². The van der Waals surface area contributed by atoms with Crippen molar-refractivity contribution >= 4 is 0 Å². The summed E-state index contributed by atoms with van der Waals surface area (Å²) < 4.78 is 15.7. The molecule has 0 aliphatic heterocycles. The van der Waals surface area contributed by atoms with Crippen molar-refractivity contribution in [1.82, 2.24) is 20.2 Å². The molecule has 1 atom stereocenters. The molecule has 2 aromatic rings. The standard InChI is InChI=1S/C13H18N4O4/c1-17-15-13(14-16-17)6-9(18)8-5-11(20-3)12(21-4)7-10(8)19-2/h5,7,9,18H,6H2,1-4H3. The molecule has 1 N–H and O–H groups in total. The monoisotopic (exact) mass is 294 g/mol. The number of benzene rings is 1. The molecule has 8 nitrogen and oxygen atoms in total. The Morgan fingerprint density at radius 3 is 2.24 bits per heavy atom. The highest BCUT2D eigenvalue weighted by molar-refractivity contribution is 5.51. The van der Waals surface area contributed by atoms with E-state index in [2.05, 4.69) is 15.4 Å². The van der Waals surface area contributed by atoms with Crippen LogP contribution in [0.3, 0.4) is 0 Å². The van der Waals surface area contributed by atoms with E-state index in [9.17, 15) is 5.11 Å². The van der Waals surface area contributed by atoms with Crippen LogP contribution in [0.15, 0.2) is 12.1 Å². The molecule has 0 fully saturated rings. The maximum absolute atomic E-state index is 10.4.